The van der Waals surface area contributed by atoms with Crippen LogP contribution in [-0.4, -0.2) is 10.5 Å². The zero-order chi connectivity index (χ0) is 9.73. The smallest absolute Gasteiger partial charge is 0.0312 e. The summed E-state index contributed by atoms with van der Waals surface area (Å²) >= 11 is 0. The molecule has 1 aromatic rings. The molecule has 0 saturated heterocycles. The van der Waals surface area contributed by atoms with Crippen LogP contribution in [0.4, 0.5) is 0 Å². The predicted molar refractivity (Wildman–Crippen MR) is 62.7 cm³/mol. The van der Waals surface area contributed by atoms with E-state index >= 15 is 0 Å². The molecule has 0 radical (unpaired) electrons. The molecule has 0 bridgehead atoms. The molecule has 80 valence electrons. The molecule has 0 aliphatic carbocycles. The van der Waals surface area contributed by atoms with Gasteiger partial charge in [0.05, 0.1) is 0 Å². The molecule has 0 amide bonds. The molecular weight excluding hydrogens is 196 g/mol. The molecular formula is C11H19ClN2. The number of halogens is 1. The van der Waals surface area contributed by atoms with Gasteiger partial charge in [0.25, 0.3) is 0 Å². The van der Waals surface area contributed by atoms with Gasteiger partial charge >= 0.3 is 0 Å². The van der Waals surface area contributed by atoms with Crippen LogP contribution in [0.15, 0.2) is 24.5 Å². The Morgan fingerprint density at radius 2 is 2.14 bits per heavy atom. The van der Waals surface area contributed by atoms with Gasteiger partial charge in [0, 0.05) is 24.5 Å². The number of nitrogens with one attached hydrogen (secondary N) is 1. The molecule has 0 atom stereocenters. The molecule has 0 aliphatic heterocycles. The van der Waals surface area contributed by atoms with Gasteiger partial charge < -0.3 is 5.32 Å². The third kappa shape index (κ3) is 4.58. The van der Waals surface area contributed by atoms with Crippen molar-refractivity contribution in [2.45, 2.75) is 39.3 Å². The van der Waals surface area contributed by atoms with Crippen molar-refractivity contribution in [3.8, 4) is 0 Å². The maximum atomic E-state index is 4.07. The average molecular weight is 215 g/mol. The summed E-state index contributed by atoms with van der Waals surface area (Å²) in [4.78, 5) is 4.07. The third-order valence-electron chi connectivity index (χ3n) is 2.38. The highest BCUT2D eigenvalue weighted by Gasteiger charge is 2.12. The Balaban J connectivity index is 0.00000169. The summed E-state index contributed by atoms with van der Waals surface area (Å²) in [6, 6.07) is 4.06. The van der Waals surface area contributed by atoms with Crippen molar-refractivity contribution in [1.82, 2.24) is 10.3 Å². The molecule has 2 nitrogen and oxygen atoms in total. The predicted octanol–water partition coefficient (Wildman–Crippen LogP) is 2.78. The first-order valence-electron chi connectivity index (χ1n) is 4.78. The Bertz CT molecular complexity index is 247. The molecule has 0 fully saturated rings. The van der Waals surface area contributed by atoms with E-state index in [0.29, 0.717) is 0 Å². The molecule has 0 spiro atoms. The van der Waals surface area contributed by atoms with E-state index in [1.54, 1.807) is 6.20 Å². The van der Waals surface area contributed by atoms with Crippen molar-refractivity contribution >= 4 is 12.4 Å². The van der Waals surface area contributed by atoms with E-state index in [1.165, 1.54) is 5.56 Å². The van der Waals surface area contributed by atoms with E-state index in [9.17, 15) is 0 Å². The lowest BCUT2D eigenvalue weighted by molar-refractivity contribution is 0.374. The molecule has 0 aromatic carbocycles. The van der Waals surface area contributed by atoms with Crippen molar-refractivity contribution < 1.29 is 0 Å². The summed E-state index contributed by atoms with van der Waals surface area (Å²) in [6.45, 7) is 7.51. The number of rotatable bonds is 4. The Kier molecular flexibility index (Phi) is 5.73. The number of aromatic nitrogens is 1. The van der Waals surface area contributed by atoms with Gasteiger partial charge in [0.2, 0.25) is 0 Å². The summed E-state index contributed by atoms with van der Waals surface area (Å²) in [6.07, 6.45) is 4.83. The summed E-state index contributed by atoms with van der Waals surface area (Å²) in [7, 11) is 0. The monoisotopic (exact) mass is 214 g/mol. The molecule has 1 rings (SSSR count). The van der Waals surface area contributed by atoms with Crippen LogP contribution in [0.5, 0.6) is 0 Å². The van der Waals surface area contributed by atoms with Gasteiger partial charge in [-0.1, -0.05) is 13.0 Å². The normalized spacial score (nSPS) is 10.8. The molecule has 1 aromatic heterocycles. The van der Waals surface area contributed by atoms with Gasteiger partial charge in [-0.2, -0.15) is 0 Å². The second-order valence-electron chi connectivity index (χ2n) is 3.95. The van der Waals surface area contributed by atoms with Crippen LogP contribution in [0.2, 0.25) is 0 Å². The van der Waals surface area contributed by atoms with E-state index in [-0.39, 0.29) is 17.9 Å². The number of nitrogens with zero attached hydrogens (tertiary/aromatic N) is 1. The maximum absolute atomic E-state index is 4.07. The highest BCUT2D eigenvalue weighted by Crippen LogP contribution is 2.08. The van der Waals surface area contributed by atoms with Crippen LogP contribution in [0, 0.1) is 0 Å². The topological polar surface area (TPSA) is 24.9 Å². The van der Waals surface area contributed by atoms with Crippen LogP contribution in [0.25, 0.3) is 0 Å². The average Bonchev–Trinajstić information content (AvgIpc) is 2.17. The van der Waals surface area contributed by atoms with Gasteiger partial charge in [0.15, 0.2) is 0 Å². The third-order valence-corrected chi connectivity index (χ3v) is 2.38. The Labute approximate surface area is 92.5 Å². The van der Waals surface area contributed by atoms with E-state index in [2.05, 4.69) is 37.1 Å². The number of pyridine rings is 1. The van der Waals surface area contributed by atoms with Gasteiger partial charge in [-0.05, 0) is 31.9 Å². The zero-order valence-electron chi connectivity index (χ0n) is 9.08. The van der Waals surface area contributed by atoms with Crippen LogP contribution >= 0.6 is 12.4 Å². The van der Waals surface area contributed by atoms with E-state index in [0.717, 1.165) is 13.0 Å². The quantitative estimate of drug-likeness (QED) is 0.834. The van der Waals surface area contributed by atoms with Crippen molar-refractivity contribution in [2.75, 3.05) is 0 Å². The van der Waals surface area contributed by atoms with Crippen molar-refractivity contribution in [3.05, 3.63) is 30.1 Å². The molecule has 0 aliphatic rings. The fraction of sp³-hybridized carbons (Fsp3) is 0.545. The number of hydrogen-bond acceptors (Lipinski definition) is 2. The van der Waals surface area contributed by atoms with E-state index < -0.39 is 0 Å². The molecule has 3 heteroatoms. The largest absolute Gasteiger partial charge is 0.308 e. The fourth-order valence-electron chi connectivity index (χ4n) is 0.969. The summed E-state index contributed by atoms with van der Waals surface area (Å²) < 4.78 is 0. The van der Waals surface area contributed by atoms with Crippen LogP contribution in [0.1, 0.15) is 32.8 Å². The lowest BCUT2D eigenvalue weighted by Crippen LogP contribution is -2.37. The molecule has 1 N–H and O–H groups in total. The van der Waals surface area contributed by atoms with Crippen molar-refractivity contribution in [2.24, 2.45) is 0 Å². The Morgan fingerprint density at radius 3 is 2.64 bits per heavy atom. The fourth-order valence-corrected chi connectivity index (χ4v) is 0.969. The lowest BCUT2D eigenvalue weighted by atomic mass is 10.0. The minimum atomic E-state index is 0. The Morgan fingerprint density at radius 1 is 1.43 bits per heavy atom. The molecule has 1 heterocycles. The first-order chi connectivity index (χ1) is 6.14. The summed E-state index contributed by atoms with van der Waals surface area (Å²) in [5, 5.41) is 3.48. The minimum absolute atomic E-state index is 0. The van der Waals surface area contributed by atoms with Gasteiger partial charge in [-0.15, -0.1) is 12.4 Å². The minimum Gasteiger partial charge on any atom is -0.308 e. The van der Waals surface area contributed by atoms with Crippen LogP contribution in [0.3, 0.4) is 0 Å². The lowest BCUT2D eigenvalue weighted by Gasteiger charge is -2.24. The summed E-state index contributed by atoms with van der Waals surface area (Å²) in [5.74, 6) is 0. The Hall–Kier alpha value is -0.600. The van der Waals surface area contributed by atoms with Crippen molar-refractivity contribution in [3.63, 3.8) is 0 Å². The van der Waals surface area contributed by atoms with Crippen LogP contribution < -0.4 is 5.32 Å². The molecule has 0 saturated carbocycles. The first kappa shape index (κ1) is 13.4. The first-order valence-corrected chi connectivity index (χ1v) is 4.78. The van der Waals surface area contributed by atoms with Crippen molar-refractivity contribution in [1.29, 1.82) is 0 Å². The maximum Gasteiger partial charge on any atom is 0.0312 e. The van der Waals surface area contributed by atoms with E-state index in [4.69, 9.17) is 0 Å². The van der Waals surface area contributed by atoms with Gasteiger partial charge in [-0.25, -0.2) is 0 Å². The highest BCUT2D eigenvalue weighted by molar-refractivity contribution is 5.85. The number of hydrogen-bond donors (Lipinski definition) is 1. The second-order valence-corrected chi connectivity index (χ2v) is 3.95. The van der Waals surface area contributed by atoms with Gasteiger partial charge in [0.1, 0.15) is 0 Å². The van der Waals surface area contributed by atoms with E-state index in [1.807, 2.05) is 12.3 Å². The standard InChI is InChI=1S/C11H18N2.ClH/c1-4-11(2,3)13-9-10-6-5-7-12-8-10;/h5-8,13H,4,9H2,1-3H3;1H. The SMILES string of the molecule is CCC(C)(C)NCc1cccnc1.Cl. The second kappa shape index (κ2) is 5.99. The highest BCUT2D eigenvalue weighted by atomic mass is 35.5. The summed E-state index contributed by atoms with van der Waals surface area (Å²) in [5.41, 5.74) is 1.46. The molecule has 0 unspecified atom stereocenters. The van der Waals surface area contributed by atoms with Crippen LogP contribution in [-0.2, 0) is 6.54 Å². The molecule has 14 heavy (non-hydrogen) atoms. The van der Waals surface area contributed by atoms with Gasteiger partial charge in [-0.3, -0.25) is 4.98 Å². The zero-order valence-corrected chi connectivity index (χ0v) is 9.90.